The molecule has 0 aliphatic carbocycles. The van der Waals surface area contributed by atoms with E-state index in [-0.39, 0.29) is 12.8 Å². The molecule has 4 nitrogen and oxygen atoms in total. The second-order valence-electron chi connectivity index (χ2n) is 5.05. The molecule has 1 aromatic rings. The van der Waals surface area contributed by atoms with E-state index in [0.717, 1.165) is 54.7 Å². The fourth-order valence-electron chi connectivity index (χ4n) is 2.81. The first-order valence-corrected chi connectivity index (χ1v) is 7.32. The summed E-state index contributed by atoms with van der Waals surface area (Å²) in [5.74, 6) is 1.52. The van der Waals surface area contributed by atoms with E-state index >= 15 is 0 Å². The van der Waals surface area contributed by atoms with Crippen LogP contribution in [0.1, 0.15) is 18.0 Å². The summed E-state index contributed by atoms with van der Waals surface area (Å²) >= 11 is 6.45. The largest absolute Gasteiger partial charge is 0.454 e. The predicted molar refractivity (Wildman–Crippen MR) is 79.6 cm³/mol. The van der Waals surface area contributed by atoms with Gasteiger partial charge in [-0.05, 0) is 18.1 Å². The van der Waals surface area contributed by atoms with Crippen LogP contribution in [0.5, 0.6) is 11.5 Å². The Labute approximate surface area is 124 Å². The van der Waals surface area contributed by atoms with Gasteiger partial charge in [-0.25, -0.2) is 0 Å². The average Bonchev–Trinajstić information content (AvgIpc) is 2.92. The zero-order chi connectivity index (χ0) is 13.9. The van der Waals surface area contributed by atoms with Crippen molar-refractivity contribution in [2.75, 3.05) is 33.0 Å². The Balaban J connectivity index is 1.92. The molecule has 0 aromatic heterocycles. The first-order valence-electron chi connectivity index (χ1n) is 6.94. The molecule has 1 N–H and O–H groups in total. The molecule has 5 heteroatoms. The van der Waals surface area contributed by atoms with Crippen molar-refractivity contribution in [3.63, 3.8) is 0 Å². The number of halogens is 1. The first-order chi connectivity index (χ1) is 9.79. The normalized spacial score (nSPS) is 19.9. The molecule has 20 heavy (non-hydrogen) atoms. The van der Waals surface area contributed by atoms with Gasteiger partial charge in [0.25, 0.3) is 0 Å². The number of hydrogen-bond acceptors (Lipinski definition) is 4. The molecular formula is C15H19ClN2O2. The standard InChI is InChI=1S/C15H19ClN2O2/c1-2-3-13(18-6-4-17-5-7-18)11-8-14-15(9-12(11)16)20-10-19-14/h2,8-9,13,17H,1,3-7,10H2/t13-/m1/s1. The lowest BCUT2D eigenvalue weighted by atomic mass is 10.0. The molecule has 0 unspecified atom stereocenters. The van der Waals surface area contributed by atoms with E-state index in [1.165, 1.54) is 0 Å². The maximum absolute atomic E-state index is 6.45. The topological polar surface area (TPSA) is 33.7 Å². The average molecular weight is 295 g/mol. The van der Waals surface area contributed by atoms with E-state index in [9.17, 15) is 0 Å². The Morgan fingerprint density at radius 1 is 1.30 bits per heavy atom. The van der Waals surface area contributed by atoms with Crippen LogP contribution in [0.4, 0.5) is 0 Å². The fourth-order valence-corrected chi connectivity index (χ4v) is 3.09. The van der Waals surface area contributed by atoms with Crippen molar-refractivity contribution in [1.82, 2.24) is 10.2 Å². The Kier molecular flexibility index (Phi) is 4.15. The van der Waals surface area contributed by atoms with Gasteiger partial charge < -0.3 is 14.8 Å². The Morgan fingerprint density at radius 2 is 2.00 bits per heavy atom. The number of piperazine rings is 1. The van der Waals surface area contributed by atoms with E-state index in [2.05, 4.69) is 16.8 Å². The molecule has 1 atom stereocenters. The number of benzene rings is 1. The number of ether oxygens (including phenoxy) is 2. The Hall–Kier alpha value is -1.23. The van der Waals surface area contributed by atoms with Gasteiger partial charge in [0.05, 0.1) is 0 Å². The molecule has 108 valence electrons. The maximum atomic E-state index is 6.45. The molecule has 2 heterocycles. The Bertz CT molecular complexity index is 501. The van der Waals surface area contributed by atoms with Crippen LogP contribution in [0.3, 0.4) is 0 Å². The maximum Gasteiger partial charge on any atom is 0.231 e. The lowest BCUT2D eigenvalue weighted by Crippen LogP contribution is -2.45. The molecule has 1 aromatic carbocycles. The van der Waals surface area contributed by atoms with E-state index in [4.69, 9.17) is 21.1 Å². The second-order valence-corrected chi connectivity index (χ2v) is 5.46. The van der Waals surface area contributed by atoms with E-state index in [1.807, 2.05) is 18.2 Å². The van der Waals surface area contributed by atoms with Gasteiger partial charge in [-0.2, -0.15) is 0 Å². The number of fused-ring (bicyclic) bond motifs is 1. The van der Waals surface area contributed by atoms with Crippen LogP contribution in [-0.2, 0) is 0 Å². The van der Waals surface area contributed by atoms with Crippen LogP contribution in [0.25, 0.3) is 0 Å². The third-order valence-electron chi connectivity index (χ3n) is 3.83. The van der Waals surface area contributed by atoms with Gasteiger partial charge in [-0.3, -0.25) is 4.90 Å². The van der Waals surface area contributed by atoms with Crippen molar-refractivity contribution in [2.24, 2.45) is 0 Å². The van der Waals surface area contributed by atoms with Crippen molar-refractivity contribution < 1.29 is 9.47 Å². The van der Waals surface area contributed by atoms with Gasteiger partial charge in [-0.15, -0.1) is 6.58 Å². The minimum absolute atomic E-state index is 0.247. The van der Waals surface area contributed by atoms with Crippen molar-refractivity contribution in [3.8, 4) is 11.5 Å². The van der Waals surface area contributed by atoms with Crippen molar-refractivity contribution in [3.05, 3.63) is 35.4 Å². The molecular weight excluding hydrogens is 276 g/mol. The van der Waals surface area contributed by atoms with Gasteiger partial charge in [0.15, 0.2) is 11.5 Å². The predicted octanol–water partition coefficient (Wildman–Crippen LogP) is 2.59. The molecule has 0 radical (unpaired) electrons. The van der Waals surface area contributed by atoms with Gasteiger partial charge in [0.2, 0.25) is 6.79 Å². The number of nitrogens with zero attached hydrogens (tertiary/aromatic N) is 1. The van der Waals surface area contributed by atoms with Crippen LogP contribution in [0, 0.1) is 0 Å². The Morgan fingerprint density at radius 3 is 2.70 bits per heavy atom. The zero-order valence-electron chi connectivity index (χ0n) is 11.4. The van der Waals surface area contributed by atoms with Crippen LogP contribution < -0.4 is 14.8 Å². The van der Waals surface area contributed by atoms with Crippen LogP contribution in [0.15, 0.2) is 24.8 Å². The van der Waals surface area contributed by atoms with Gasteiger partial charge >= 0.3 is 0 Å². The molecule has 0 spiro atoms. The summed E-state index contributed by atoms with van der Waals surface area (Å²) in [7, 11) is 0. The van der Waals surface area contributed by atoms with Gasteiger partial charge in [0.1, 0.15) is 0 Å². The summed E-state index contributed by atoms with van der Waals surface area (Å²) in [6.45, 7) is 8.21. The molecule has 0 bridgehead atoms. The fraction of sp³-hybridized carbons (Fsp3) is 0.467. The third-order valence-corrected chi connectivity index (χ3v) is 4.16. The van der Waals surface area contributed by atoms with Crippen LogP contribution >= 0.6 is 11.6 Å². The summed E-state index contributed by atoms with van der Waals surface area (Å²) in [6, 6.07) is 4.12. The monoisotopic (exact) mass is 294 g/mol. The molecule has 2 aliphatic rings. The molecule has 0 amide bonds. The number of nitrogens with one attached hydrogen (secondary N) is 1. The SMILES string of the molecule is C=CC[C@H](c1cc2c(cc1Cl)OCO2)N1CCNCC1. The van der Waals surface area contributed by atoms with Crippen molar-refractivity contribution >= 4 is 11.6 Å². The first kappa shape index (κ1) is 13.7. The van der Waals surface area contributed by atoms with Crippen LogP contribution in [0.2, 0.25) is 5.02 Å². The lowest BCUT2D eigenvalue weighted by molar-refractivity contribution is 0.171. The molecule has 1 fully saturated rings. The summed E-state index contributed by atoms with van der Waals surface area (Å²) < 4.78 is 10.8. The summed E-state index contributed by atoms with van der Waals surface area (Å²) in [6.07, 6.45) is 2.83. The summed E-state index contributed by atoms with van der Waals surface area (Å²) in [5.41, 5.74) is 1.10. The summed E-state index contributed by atoms with van der Waals surface area (Å²) in [4.78, 5) is 2.45. The highest BCUT2D eigenvalue weighted by Gasteiger charge is 2.26. The van der Waals surface area contributed by atoms with Crippen molar-refractivity contribution in [1.29, 1.82) is 0 Å². The highest BCUT2D eigenvalue weighted by molar-refractivity contribution is 6.31. The van der Waals surface area contributed by atoms with Gasteiger partial charge in [-0.1, -0.05) is 17.7 Å². The number of hydrogen-bond donors (Lipinski definition) is 1. The molecule has 0 saturated carbocycles. The lowest BCUT2D eigenvalue weighted by Gasteiger charge is -2.35. The molecule has 2 aliphatic heterocycles. The van der Waals surface area contributed by atoms with Crippen LogP contribution in [-0.4, -0.2) is 37.9 Å². The third kappa shape index (κ3) is 2.64. The van der Waals surface area contributed by atoms with E-state index in [0.29, 0.717) is 0 Å². The molecule has 1 saturated heterocycles. The number of rotatable bonds is 4. The zero-order valence-corrected chi connectivity index (χ0v) is 12.2. The van der Waals surface area contributed by atoms with Gasteiger partial charge in [0, 0.05) is 43.3 Å². The van der Waals surface area contributed by atoms with Crippen molar-refractivity contribution in [2.45, 2.75) is 12.5 Å². The highest BCUT2D eigenvalue weighted by Crippen LogP contribution is 2.41. The summed E-state index contributed by atoms with van der Waals surface area (Å²) in [5, 5.41) is 4.11. The smallest absolute Gasteiger partial charge is 0.231 e. The quantitative estimate of drug-likeness (QED) is 0.866. The van der Waals surface area contributed by atoms with E-state index in [1.54, 1.807) is 0 Å². The highest BCUT2D eigenvalue weighted by atomic mass is 35.5. The minimum Gasteiger partial charge on any atom is -0.454 e. The molecule has 3 rings (SSSR count). The van der Waals surface area contributed by atoms with E-state index < -0.39 is 0 Å². The minimum atomic E-state index is 0.247. The second kappa shape index (κ2) is 6.04.